The lowest BCUT2D eigenvalue weighted by atomic mass is 9.67. The van der Waals surface area contributed by atoms with Crippen LogP contribution in [0.25, 0.3) is 0 Å². The molecule has 3 N–H and O–H groups in total. The van der Waals surface area contributed by atoms with Gasteiger partial charge < -0.3 is 20.5 Å². The predicted octanol–water partition coefficient (Wildman–Crippen LogP) is 3.31. The van der Waals surface area contributed by atoms with E-state index in [4.69, 9.17) is 16.3 Å². The summed E-state index contributed by atoms with van der Waals surface area (Å²) in [4.78, 5) is 28.6. The molecule has 4 rings (SSSR count). The van der Waals surface area contributed by atoms with Crippen molar-refractivity contribution in [1.82, 2.24) is 10.2 Å². The quantitative estimate of drug-likeness (QED) is 0.514. The average molecular weight is 504 g/mol. The van der Waals surface area contributed by atoms with Crippen LogP contribution in [0, 0.1) is 5.82 Å². The van der Waals surface area contributed by atoms with Crippen LogP contribution in [0.15, 0.2) is 36.4 Å². The van der Waals surface area contributed by atoms with Gasteiger partial charge in [-0.05, 0) is 35.6 Å². The summed E-state index contributed by atoms with van der Waals surface area (Å²) in [6.45, 7) is 6.01. The molecule has 0 bridgehead atoms. The van der Waals surface area contributed by atoms with Crippen LogP contribution >= 0.6 is 11.6 Å². The van der Waals surface area contributed by atoms with Gasteiger partial charge in [0.15, 0.2) is 0 Å². The molecular formula is C26H31ClFN3O4. The van der Waals surface area contributed by atoms with Crippen molar-refractivity contribution < 1.29 is 23.8 Å². The maximum atomic E-state index is 14.4. The van der Waals surface area contributed by atoms with Gasteiger partial charge in [0.05, 0.1) is 40.4 Å². The normalized spacial score (nSPS) is 18.5. The fourth-order valence-electron chi connectivity index (χ4n) is 5.06. The maximum Gasteiger partial charge on any atom is 0.253 e. The molecule has 7 nitrogen and oxygen atoms in total. The van der Waals surface area contributed by atoms with Crippen molar-refractivity contribution in [1.29, 1.82) is 0 Å². The second-order valence-corrected chi connectivity index (χ2v) is 10.1. The molecule has 2 aliphatic rings. The SMILES string of the molecule is CNC(=O)c1cc(Cl)c(F)cc1NC(=O)C1(c2ccccc2C(C)C)CN(C2(CCO)COC2)C1. The molecule has 2 aliphatic heterocycles. The van der Waals surface area contributed by atoms with Crippen molar-refractivity contribution in [2.24, 2.45) is 0 Å². The number of benzene rings is 2. The van der Waals surface area contributed by atoms with Crippen LogP contribution in [0.1, 0.15) is 47.7 Å². The number of hydrogen-bond acceptors (Lipinski definition) is 5. The van der Waals surface area contributed by atoms with Gasteiger partial charge in [0.2, 0.25) is 5.91 Å². The summed E-state index contributed by atoms with van der Waals surface area (Å²) in [6.07, 6.45) is 0.555. The van der Waals surface area contributed by atoms with E-state index < -0.39 is 17.1 Å². The Morgan fingerprint density at radius 1 is 1.23 bits per heavy atom. The molecule has 2 amide bonds. The second-order valence-electron chi connectivity index (χ2n) is 9.72. The summed E-state index contributed by atoms with van der Waals surface area (Å²) >= 11 is 5.92. The lowest BCUT2D eigenvalue weighted by molar-refractivity contribution is -0.187. The maximum absolute atomic E-state index is 14.4. The number of nitrogens with one attached hydrogen (secondary N) is 2. The van der Waals surface area contributed by atoms with E-state index in [0.29, 0.717) is 32.7 Å². The number of amides is 2. The van der Waals surface area contributed by atoms with Crippen molar-refractivity contribution in [2.75, 3.05) is 45.3 Å². The van der Waals surface area contributed by atoms with E-state index in [1.54, 1.807) is 0 Å². The van der Waals surface area contributed by atoms with Crippen LogP contribution in [0.3, 0.4) is 0 Å². The van der Waals surface area contributed by atoms with Gasteiger partial charge in [-0.2, -0.15) is 0 Å². The number of anilines is 1. The number of carbonyl (C=O) groups is 2. The third kappa shape index (κ3) is 4.44. The average Bonchev–Trinajstić information content (AvgIpc) is 2.78. The van der Waals surface area contributed by atoms with Crippen LogP contribution in [0.5, 0.6) is 0 Å². The Morgan fingerprint density at radius 3 is 2.49 bits per heavy atom. The van der Waals surface area contributed by atoms with E-state index in [0.717, 1.165) is 17.2 Å². The Morgan fingerprint density at radius 2 is 1.91 bits per heavy atom. The first-order valence-corrected chi connectivity index (χ1v) is 12.1. The van der Waals surface area contributed by atoms with E-state index in [2.05, 4.69) is 29.4 Å². The van der Waals surface area contributed by atoms with Crippen molar-refractivity contribution in [3.05, 3.63) is 63.9 Å². The van der Waals surface area contributed by atoms with Crippen molar-refractivity contribution in [2.45, 2.75) is 37.1 Å². The zero-order chi connectivity index (χ0) is 25.4. The third-order valence-electron chi connectivity index (χ3n) is 7.22. The van der Waals surface area contributed by atoms with E-state index in [-0.39, 0.29) is 40.2 Å². The lowest BCUT2D eigenvalue weighted by Gasteiger charge is -2.60. The molecule has 0 spiro atoms. The molecule has 9 heteroatoms. The van der Waals surface area contributed by atoms with E-state index in [9.17, 15) is 19.1 Å². The van der Waals surface area contributed by atoms with Gasteiger partial charge in [0, 0.05) is 26.7 Å². The fraction of sp³-hybridized carbons (Fsp3) is 0.462. The minimum Gasteiger partial charge on any atom is -0.396 e. The molecule has 0 aliphatic carbocycles. The first-order chi connectivity index (χ1) is 16.7. The Bertz CT molecular complexity index is 1130. The minimum absolute atomic E-state index is 0.0289. The number of likely N-dealkylation sites (tertiary alicyclic amines) is 1. The highest BCUT2D eigenvalue weighted by molar-refractivity contribution is 6.31. The summed E-state index contributed by atoms with van der Waals surface area (Å²) in [7, 11) is 1.46. The van der Waals surface area contributed by atoms with E-state index in [1.165, 1.54) is 13.1 Å². The number of ether oxygens (including phenoxy) is 1. The molecule has 2 saturated heterocycles. The van der Waals surface area contributed by atoms with Gasteiger partial charge in [-0.3, -0.25) is 14.5 Å². The van der Waals surface area contributed by atoms with Crippen molar-refractivity contribution in [3.63, 3.8) is 0 Å². The number of rotatable bonds is 8. The topological polar surface area (TPSA) is 90.9 Å². The van der Waals surface area contributed by atoms with Crippen LogP contribution in [0.4, 0.5) is 10.1 Å². The first-order valence-electron chi connectivity index (χ1n) is 11.7. The molecule has 0 unspecified atom stereocenters. The smallest absolute Gasteiger partial charge is 0.253 e. The van der Waals surface area contributed by atoms with Crippen LogP contribution in [-0.4, -0.2) is 67.3 Å². The fourth-order valence-corrected chi connectivity index (χ4v) is 5.22. The summed E-state index contributed by atoms with van der Waals surface area (Å²) in [5.74, 6) is -1.36. The molecule has 35 heavy (non-hydrogen) atoms. The zero-order valence-electron chi connectivity index (χ0n) is 20.2. The van der Waals surface area contributed by atoms with Gasteiger partial charge in [0.25, 0.3) is 5.91 Å². The van der Waals surface area contributed by atoms with Gasteiger partial charge in [0.1, 0.15) is 5.82 Å². The molecule has 0 aromatic heterocycles. The van der Waals surface area contributed by atoms with Gasteiger partial charge >= 0.3 is 0 Å². The second kappa shape index (κ2) is 9.85. The summed E-state index contributed by atoms with van der Waals surface area (Å²) in [5, 5.41) is 14.7. The first kappa shape index (κ1) is 25.6. The Kier molecular flexibility index (Phi) is 7.20. The lowest BCUT2D eigenvalue weighted by Crippen LogP contribution is -2.76. The minimum atomic E-state index is -0.922. The molecule has 2 heterocycles. The highest BCUT2D eigenvalue weighted by Gasteiger charge is 2.59. The van der Waals surface area contributed by atoms with Gasteiger partial charge in [-0.25, -0.2) is 4.39 Å². The molecule has 0 radical (unpaired) electrons. The molecular weight excluding hydrogens is 473 g/mol. The Balaban J connectivity index is 1.73. The molecule has 188 valence electrons. The van der Waals surface area contributed by atoms with E-state index in [1.807, 2.05) is 24.3 Å². The van der Waals surface area contributed by atoms with Crippen LogP contribution in [0.2, 0.25) is 5.02 Å². The number of hydrogen-bond donors (Lipinski definition) is 3. The number of carbonyl (C=O) groups excluding carboxylic acids is 2. The molecule has 0 atom stereocenters. The highest BCUT2D eigenvalue weighted by atomic mass is 35.5. The Hall–Kier alpha value is -2.52. The molecule has 2 aromatic carbocycles. The molecule has 2 fully saturated rings. The summed E-state index contributed by atoms with van der Waals surface area (Å²) in [5.41, 5.74) is 0.879. The highest BCUT2D eigenvalue weighted by Crippen LogP contribution is 2.45. The summed E-state index contributed by atoms with van der Waals surface area (Å²) in [6, 6.07) is 10.1. The van der Waals surface area contributed by atoms with Crippen LogP contribution < -0.4 is 10.6 Å². The monoisotopic (exact) mass is 503 g/mol. The van der Waals surface area contributed by atoms with Gasteiger partial charge in [-0.15, -0.1) is 0 Å². The number of halogens is 2. The molecule has 2 aromatic rings. The largest absolute Gasteiger partial charge is 0.396 e. The van der Waals surface area contributed by atoms with Crippen molar-refractivity contribution in [3.8, 4) is 0 Å². The van der Waals surface area contributed by atoms with Crippen LogP contribution in [-0.2, 0) is 14.9 Å². The number of nitrogens with zero attached hydrogens (tertiary/aromatic N) is 1. The number of aliphatic hydroxyl groups is 1. The predicted molar refractivity (Wildman–Crippen MR) is 132 cm³/mol. The zero-order valence-corrected chi connectivity index (χ0v) is 20.9. The third-order valence-corrected chi connectivity index (χ3v) is 7.51. The Labute approximate surface area is 209 Å². The van der Waals surface area contributed by atoms with Gasteiger partial charge in [-0.1, -0.05) is 49.7 Å². The molecule has 0 saturated carbocycles. The van der Waals surface area contributed by atoms with Crippen molar-refractivity contribution >= 4 is 29.1 Å². The number of aliphatic hydroxyl groups excluding tert-OH is 1. The standard InChI is InChI=1S/C26H31ClFN3O4/c1-16(2)17-6-4-5-7-19(17)26(12-31(13-26)25(8-9-32)14-35-15-25)24(34)30-22-11-21(28)20(27)10-18(22)23(33)29-3/h4-7,10-11,16,32H,8-9,12-15H2,1-3H3,(H,29,33)(H,30,34). The van der Waals surface area contributed by atoms with E-state index >= 15 is 0 Å². The summed E-state index contributed by atoms with van der Waals surface area (Å²) < 4.78 is 19.8.